The lowest BCUT2D eigenvalue weighted by molar-refractivity contribution is -0.116. The largest absolute Gasteiger partial charge is 0.465 e. The lowest BCUT2D eigenvalue weighted by atomic mass is 10.2. The van der Waals surface area contributed by atoms with Crippen LogP contribution in [0.1, 0.15) is 15.9 Å². The third-order valence-corrected chi connectivity index (χ3v) is 3.85. The van der Waals surface area contributed by atoms with Crippen molar-refractivity contribution in [1.82, 2.24) is 0 Å². The summed E-state index contributed by atoms with van der Waals surface area (Å²) in [6, 6.07) is 10.6. The van der Waals surface area contributed by atoms with Gasteiger partial charge < -0.3 is 10.1 Å². The maximum atomic E-state index is 12.5. The number of methoxy groups -OCH3 is 1. The molecule has 1 N–H and O–H groups in total. The van der Waals surface area contributed by atoms with Crippen molar-refractivity contribution in [3.63, 3.8) is 0 Å². The molecular formula is C17H13ClN2O4. The van der Waals surface area contributed by atoms with Gasteiger partial charge in [0.2, 0.25) is 5.91 Å². The number of carbonyl (C=O) groups excluding carboxylic acids is 3. The van der Waals surface area contributed by atoms with Crippen LogP contribution >= 0.6 is 11.6 Å². The van der Waals surface area contributed by atoms with Gasteiger partial charge in [0.25, 0.3) is 0 Å². The lowest BCUT2D eigenvalue weighted by Crippen LogP contribution is -2.37. The molecule has 0 unspecified atom stereocenters. The molecule has 0 spiro atoms. The Balaban J connectivity index is 1.84. The molecule has 0 fully saturated rings. The number of ether oxygens (including phenoxy) is 1. The van der Waals surface area contributed by atoms with E-state index in [4.69, 9.17) is 11.6 Å². The minimum atomic E-state index is -0.594. The van der Waals surface area contributed by atoms with Crippen LogP contribution in [0.5, 0.6) is 0 Å². The van der Waals surface area contributed by atoms with Crippen LogP contribution in [0.4, 0.5) is 16.2 Å². The smallest absolute Gasteiger partial charge is 0.337 e. The number of hydrogen-bond acceptors (Lipinski definition) is 4. The van der Waals surface area contributed by atoms with Gasteiger partial charge in [-0.3, -0.25) is 4.79 Å². The van der Waals surface area contributed by atoms with E-state index in [1.807, 2.05) is 0 Å². The summed E-state index contributed by atoms with van der Waals surface area (Å²) in [7, 11) is 1.28. The first-order valence-electron chi connectivity index (χ1n) is 7.10. The Morgan fingerprint density at radius 1 is 1.21 bits per heavy atom. The maximum absolute atomic E-state index is 12.5. The molecule has 0 bridgehead atoms. The molecule has 1 aliphatic heterocycles. The standard InChI is InChI=1S/C17H13ClN2O4/c1-24-16(22)10-3-2-4-13(8-10)19-17(23)20-14-6-5-12(18)7-11(14)9-15(20)21/h2-8H,9H2,1H3,(H,19,23). The summed E-state index contributed by atoms with van der Waals surface area (Å²) >= 11 is 5.91. The predicted octanol–water partition coefficient (Wildman–Crippen LogP) is 3.25. The van der Waals surface area contributed by atoms with Crippen molar-refractivity contribution in [2.24, 2.45) is 0 Å². The first-order chi connectivity index (χ1) is 11.5. The number of halogens is 1. The summed E-state index contributed by atoms with van der Waals surface area (Å²) in [6.45, 7) is 0. The molecule has 2 aromatic rings. The molecule has 3 amide bonds. The normalized spacial score (nSPS) is 12.8. The molecular weight excluding hydrogens is 332 g/mol. The Bertz CT molecular complexity index is 850. The zero-order valence-corrected chi connectivity index (χ0v) is 13.5. The van der Waals surface area contributed by atoms with E-state index in [1.165, 1.54) is 13.2 Å². The number of imide groups is 1. The number of fused-ring (bicyclic) bond motifs is 1. The Kier molecular flexibility index (Phi) is 4.22. The zero-order valence-electron chi connectivity index (χ0n) is 12.7. The van der Waals surface area contributed by atoms with Gasteiger partial charge in [0.1, 0.15) is 0 Å². The van der Waals surface area contributed by atoms with Crippen LogP contribution in [-0.4, -0.2) is 25.0 Å². The third-order valence-electron chi connectivity index (χ3n) is 3.61. The van der Waals surface area contributed by atoms with Gasteiger partial charge in [-0.05, 0) is 42.0 Å². The van der Waals surface area contributed by atoms with E-state index in [0.29, 0.717) is 27.5 Å². The fourth-order valence-corrected chi connectivity index (χ4v) is 2.73. The molecule has 1 heterocycles. The number of rotatable bonds is 2. The second-order valence-electron chi connectivity index (χ2n) is 5.18. The highest BCUT2D eigenvalue weighted by Gasteiger charge is 2.32. The first kappa shape index (κ1) is 16.0. The van der Waals surface area contributed by atoms with E-state index in [2.05, 4.69) is 10.1 Å². The number of carbonyl (C=O) groups is 3. The van der Waals surface area contributed by atoms with Crippen LogP contribution in [0.15, 0.2) is 42.5 Å². The molecule has 122 valence electrons. The number of hydrogen-bond donors (Lipinski definition) is 1. The summed E-state index contributed by atoms with van der Waals surface area (Å²) < 4.78 is 4.64. The molecule has 3 rings (SSSR count). The molecule has 6 nitrogen and oxygen atoms in total. The fourth-order valence-electron chi connectivity index (χ4n) is 2.53. The maximum Gasteiger partial charge on any atom is 0.337 e. The van der Waals surface area contributed by atoms with E-state index in [-0.39, 0.29) is 12.3 Å². The fraction of sp³-hybridized carbons (Fsp3) is 0.118. The van der Waals surface area contributed by atoms with Gasteiger partial charge in [0.15, 0.2) is 0 Å². The number of anilines is 2. The van der Waals surface area contributed by atoms with Crippen LogP contribution < -0.4 is 10.2 Å². The molecule has 2 aromatic carbocycles. The van der Waals surface area contributed by atoms with Crippen LogP contribution in [0, 0.1) is 0 Å². The van der Waals surface area contributed by atoms with Crippen molar-refractivity contribution < 1.29 is 19.1 Å². The molecule has 24 heavy (non-hydrogen) atoms. The van der Waals surface area contributed by atoms with Gasteiger partial charge in [-0.15, -0.1) is 0 Å². The molecule has 0 saturated carbocycles. The first-order valence-corrected chi connectivity index (χ1v) is 7.48. The molecule has 7 heteroatoms. The Morgan fingerprint density at radius 3 is 2.75 bits per heavy atom. The topological polar surface area (TPSA) is 75.7 Å². The highest BCUT2D eigenvalue weighted by molar-refractivity contribution is 6.31. The summed E-state index contributed by atoms with van der Waals surface area (Å²) in [5.41, 5.74) is 1.89. The Morgan fingerprint density at radius 2 is 2.00 bits per heavy atom. The molecule has 0 aromatic heterocycles. The van der Waals surface area contributed by atoms with Crippen LogP contribution in [0.3, 0.4) is 0 Å². The number of esters is 1. The lowest BCUT2D eigenvalue weighted by Gasteiger charge is -2.16. The average molecular weight is 345 g/mol. The highest BCUT2D eigenvalue weighted by Crippen LogP contribution is 2.31. The second kappa shape index (κ2) is 6.33. The number of benzene rings is 2. The van der Waals surface area contributed by atoms with Crippen molar-refractivity contribution in [1.29, 1.82) is 0 Å². The number of nitrogens with zero attached hydrogens (tertiary/aromatic N) is 1. The summed E-state index contributed by atoms with van der Waals surface area (Å²) in [6.07, 6.45) is 0.117. The van der Waals surface area contributed by atoms with Gasteiger partial charge in [-0.1, -0.05) is 17.7 Å². The van der Waals surface area contributed by atoms with Gasteiger partial charge in [-0.25, -0.2) is 14.5 Å². The van der Waals surface area contributed by atoms with Gasteiger partial charge >= 0.3 is 12.0 Å². The molecule has 0 aliphatic carbocycles. The van der Waals surface area contributed by atoms with Gasteiger partial charge in [0.05, 0.1) is 24.8 Å². The van der Waals surface area contributed by atoms with E-state index in [1.54, 1.807) is 36.4 Å². The SMILES string of the molecule is COC(=O)c1cccc(NC(=O)N2C(=O)Cc3cc(Cl)ccc32)c1. The highest BCUT2D eigenvalue weighted by atomic mass is 35.5. The monoisotopic (exact) mass is 344 g/mol. The van der Waals surface area contributed by atoms with Crippen molar-refractivity contribution in [3.8, 4) is 0 Å². The molecule has 1 aliphatic rings. The van der Waals surface area contributed by atoms with E-state index < -0.39 is 12.0 Å². The number of urea groups is 1. The summed E-state index contributed by atoms with van der Waals surface area (Å²) in [5.74, 6) is -0.850. The van der Waals surface area contributed by atoms with Crippen molar-refractivity contribution in [2.75, 3.05) is 17.3 Å². The average Bonchev–Trinajstić information content (AvgIpc) is 2.89. The quantitative estimate of drug-likeness (QED) is 0.848. The number of nitrogens with one attached hydrogen (secondary N) is 1. The molecule has 0 atom stereocenters. The van der Waals surface area contributed by atoms with Gasteiger partial charge in [-0.2, -0.15) is 0 Å². The van der Waals surface area contributed by atoms with Crippen LogP contribution in [-0.2, 0) is 16.0 Å². The van der Waals surface area contributed by atoms with Crippen molar-refractivity contribution in [2.45, 2.75) is 6.42 Å². The molecule has 0 radical (unpaired) electrons. The van der Waals surface area contributed by atoms with Gasteiger partial charge in [0, 0.05) is 10.7 Å². The molecule has 0 saturated heterocycles. The minimum absolute atomic E-state index is 0.117. The van der Waals surface area contributed by atoms with Crippen LogP contribution in [0.25, 0.3) is 0 Å². The second-order valence-corrected chi connectivity index (χ2v) is 5.62. The van der Waals surface area contributed by atoms with Crippen LogP contribution in [0.2, 0.25) is 5.02 Å². The van der Waals surface area contributed by atoms with E-state index in [0.717, 1.165) is 4.90 Å². The Labute approximate surface area is 143 Å². The zero-order chi connectivity index (χ0) is 17.3. The van der Waals surface area contributed by atoms with E-state index in [9.17, 15) is 14.4 Å². The minimum Gasteiger partial charge on any atom is -0.465 e. The summed E-state index contributed by atoms with van der Waals surface area (Å²) in [5, 5.41) is 3.12. The van der Waals surface area contributed by atoms with Crippen molar-refractivity contribution >= 4 is 40.9 Å². The number of amides is 3. The third kappa shape index (κ3) is 2.96. The Hall–Kier alpha value is -2.86. The predicted molar refractivity (Wildman–Crippen MR) is 89.4 cm³/mol. The van der Waals surface area contributed by atoms with E-state index >= 15 is 0 Å². The summed E-state index contributed by atoms with van der Waals surface area (Å²) in [4.78, 5) is 37.2. The van der Waals surface area contributed by atoms with Crippen molar-refractivity contribution in [3.05, 3.63) is 58.6 Å².